The van der Waals surface area contributed by atoms with Gasteiger partial charge in [-0.1, -0.05) is 6.07 Å². The molecule has 0 unspecified atom stereocenters. The molecule has 4 rings (SSSR count). The number of aromatic nitrogens is 3. The molecule has 1 aliphatic rings. The highest BCUT2D eigenvalue weighted by molar-refractivity contribution is 5.98. The molecular formula is C20H21N5O2. The molecule has 7 heteroatoms. The largest absolute Gasteiger partial charge is 0.335 e. The van der Waals surface area contributed by atoms with Crippen molar-refractivity contribution in [2.45, 2.75) is 6.92 Å². The van der Waals surface area contributed by atoms with Crippen LogP contribution in [0.1, 0.15) is 26.7 Å². The molecule has 0 spiro atoms. The third kappa shape index (κ3) is 3.16. The van der Waals surface area contributed by atoms with Gasteiger partial charge in [-0.2, -0.15) is 0 Å². The number of hydrogen-bond donors (Lipinski definition) is 0. The fourth-order valence-corrected chi connectivity index (χ4v) is 3.40. The van der Waals surface area contributed by atoms with Crippen molar-refractivity contribution in [3.8, 4) is 0 Å². The SMILES string of the molecule is Cc1nc2cc(C(=O)N3CCN(C(=O)c4ccccn4)CC3)ccc2n1C. The van der Waals surface area contributed by atoms with E-state index in [2.05, 4.69) is 9.97 Å². The first-order chi connectivity index (χ1) is 13.0. The van der Waals surface area contributed by atoms with Crippen molar-refractivity contribution in [3.63, 3.8) is 0 Å². The summed E-state index contributed by atoms with van der Waals surface area (Å²) in [5, 5.41) is 0. The zero-order valence-electron chi connectivity index (χ0n) is 15.4. The summed E-state index contributed by atoms with van der Waals surface area (Å²) in [6.45, 7) is 3.98. The van der Waals surface area contributed by atoms with Crippen LogP contribution in [-0.4, -0.2) is 62.3 Å². The van der Waals surface area contributed by atoms with Crippen molar-refractivity contribution < 1.29 is 9.59 Å². The Balaban J connectivity index is 1.45. The van der Waals surface area contributed by atoms with Crippen molar-refractivity contribution >= 4 is 22.8 Å². The van der Waals surface area contributed by atoms with E-state index in [-0.39, 0.29) is 11.8 Å². The minimum atomic E-state index is -0.0897. The number of carbonyl (C=O) groups excluding carboxylic acids is 2. The van der Waals surface area contributed by atoms with Crippen molar-refractivity contribution in [2.75, 3.05) is 26.2 Å². The summed E-state index contributed by atoms with van der Waals surface area (Å²) < 4.78 is 2.01. The van der Waals surface area contributed by atoms with Gasteiger partial charge in [-0.15, -0.1) is 0 Å². The minimum absolute atomic E-state index is 0.0230. The molecular weight excluding hydrogens is 342 g/mol. The molecule has 0 N–H and O–H groups in total. The second kappa shape index (κ2) is 6.83. The first kappa shape index (κ1) is 17.2. The molecule has 1 saturated heterocycles. The minimum Gasteiger partial charge on any atom is -0.335 e. The third-order valence-corrected chi connectivity index (χ3v) is 5.09. The van der Waals surface area contributed by atoms with Crippen molar-refractivity contribution in [1.29, 1.82) is 0 Å². The molecule has 3 heterocycles. The summed E-state index contributed by atoms with van der Waals surface area (Å²) in [4.78, 5) is 37.5. The number of hydrogen-bond acceptors (Lipinski definition) is 4. The van der Waals surface area contributed by atoms with Crippen LogP contribution >= 0.6 is 0 Å². The van der Waals surface area contributed by atoms with Gasteiger partial charge < -0.3 is 14.4 Å². The van der Waals surface area contributed by atoms with E-state index in [1.54, 1.807) is 34.2 Å². The molecule has 7 nitrogen and oxygen atoms in total. The number of fused-ring (bicyclic) bond motifs is 1. The molecule has 27 heavy (non-hydrogen) atoms. The van der Waals surface area contributed by atoms with Gasteiger partial charge in [0.05, 0.1) is 11.0 Å². The van der Waals surface area contributed by atoms with E-state index in [1.807, 2.05) is 36.7 Å². The molecule has 2 amide bonds. The number of pyridine rings is 1. The second-order valence-corrected chi connectivity index (χ2v) is 6.72. The average Bonchev–Trinajstić information content (AvgIpc) is 3.01. The summed E-state index contributed by atoms with van der Waals surface area (Å²) in [5.74, 6) is 0.800. The van der Waals surface area contributed by atoms with Gasteiger partial charge in [-0.25, -0.2) is 4.98 Å². The van der Waals surface area contributed by atoms with Crippen LogP contribution in [0.4, 0.5) is 0 Å². The maximum atomic E-state index is 12.9. The molecule has 0 radical (unpaired) electrons. The first-order valence-electron chi connectivity index (χ1n) is 8.97. The van der Waals surface area contributed by atoms with Crippen LogP contribution in [0.25, 0.3) is 11.0 Å². The van der Waals surface area contributed by atoms with Gasteiger partial charge in [0.25, 0.3) is 11.8 Å². The van der Waals surface area contributed by atoms with Crippen LogP contribution in [0.5, 0.6) is 0 Å². The predicted molar refractivity (Wildman–Crippen MR) is 101 cm³/mol. The molecule has 2 aromatic heterocycles. The molecule has 0 aliphatic carbocycles. The van der Waals surface area contributed by atoms with Crippen LogP contribution in [0.2, 0.25) is 0 Å². The molecule has 0 bridgehead atoms. The number of benzene rings is 1. The van der Waals surface area contributed by atoms with Crippen molar-refractivity contribution in [1.82, 2.24) is 24.3 Å². The van der Waals surface area contributed by atoms with E-state index in [9.17, 15) is 9.59 Å². The van der Waals surface area contributed by atoms with E-state index in [4.69, 9.17) is 0 Å². The Bertz CT molecular complexity index is 1000. The number of amides is 2. The van der Waals surface area contributed by atoms with Crippen molar-refractivity contribution in [3.05, 3.63) is 59.7 Å². The van der Waals surface area contributed by atoms with Gasteiger partial charge in [0, 0.05) is 45.0 Å². The van der Waals surface area contributed by atoms with Crippen molar-refractivity contribution in [2.24, 2.45) is 7.05 Å². The summed E-state index contributed by atoms with van der Waals surface area (Å²) in [6, 6.07) is 10.9. The Kier molecular flexibility index (Phi) is 4.35. The predicted octanol–water partition coefficient (Wildman–Crippen LogP) is 1.87. The van der Waals surface area contributed by atoms with E-state index >= 15 is 0 Å². The zero-order chi connectivity index (χ0) is 19.0. The molecule has 0 atom stereocenters. The summed E-state index contributed by atoms with van der Waals surface area (Å²) >= 11 is 0. The standard InChI is InChI=1S/C20H21N5O2/c1-14-22-17-13-15(6-7-18(17)23(14)2)19(26)24-9-11-25(12-10-24)20(27)16-5-3-4-8-21-16/h3-8,13H,9-12H2,1-2H3. The first-order valence-corrected chi connectivity index (χ1v) is 8.97. The lowest BCUT2D eigenvalue weighted by atomic mass is 10.1. The van der Waals surface area contributed by atoms with Crippen LogP contribution in [-0.2, 0) is 7.05 Å². The Morgan fingerprint density at radius 1 is 0.963 bits per heavy atom. The Morgan fingerprint density at radius 2 is 1.67 bits per heavy atom. The number of aryl methyl sites for hydroxylation is 2. The fraction of sp³-hybridized carbons (Fsp3) is 0.300. The van der Waals surface area contributed by atoms with E-state index in [1.165, 1.54) is 0 Å². The van der Waals surface area contributed by atoms with Gasteiger partial charge in [0.1, 0.15) is 11.5 Å². The fourth-order valence-electron chi connectivity index (χ4n) is 3.40. The second-order valence-electron chi connectivity index (χ2n) is 6.72. The zero-order valence-corrected chi connectivity index (χ0v) is 15.4. The Hall–Kier alpha value is -3.22. The Labute approximate surface area is 157 Å². The molecule has 1 fully saturated rings. The molecule has 1 aromatic carbocycles. The highest BCUT2D eigenvalue weighted by atomic mass is 16.2. The monoisotopic (exact) mass is 363 g/mol. The van der Waals surface area contributed by atoms with E-state index in [0.717, 1.165) is 16.9 Å². The number of carbonyl (C=O) groups is 2. The molecule has 1 aliphatic heterocycles. The van der Waals surface area contributed by atoms with E-state index in [0.29, 0.717) is 37.4 Å². The summed E-state index contributed by atoms with van der Waals surface area (Å²) in [6.07, 6.45) is 1.61. The van der Waals surface area contributed by atoms with Gasteiger partial charge >= 0.3 is 0 Å². The summed E-state index contributed by atoms with van der Waals surface area (Å²) in [5.41, 5.74) is 2.90. The van der Waals surface area contributed by atoms with Gasteiger partial charge in [0.2, 0.25) is 0 Å². The van der Waals surface area contributed by atoms with Crippen LogP contribution in [0.3, 0.4) is 0 Å². The number of nitrogens with zero attached hydrogens (tertiary/aromatic N) is 5. The normalized spacial score (nSPS) is 14.6. The van der Waals surface area contributed by atoms with Gasteiger partial charge in [-0.05, 0) is 37.3 Å². The van der Waals surface area contributed by atoms with Gasteiger partial charge in [-0.3, -0.25) is 14.6 Å². The van der Waals surface area contributed by atoms with Gasteiger partial charge in [0.15, 0.2) is 0 Å². The highest BCUT2D eigenvalue weighted by Crippen LogP contribution is 2.18. The number of imidazole rings is 1. The van der Waals surface area contributed by atoms with Crippen LogP contribution in [0.15, 0.2) is 42.6 Å². The number of piperazine rings is 1. The molecule has 0 saturated carbocycles. The third-order valence-electron chi connectivity index (χ3n) is 5.09. The highest BCUT2D eigenvalue weighted by Gasteiger charge is 2.26. The molecule has 138 valence electrons. The summed E-state index contributed by atoms with van der Waals surface area (Å²) in [7, 11) is 1.96. The average molecular weight is 363 g/mol. The lowest BCUT2D eigenvalue weighted by Crippen LogP contribution is -2.50. The quantitative estimate of drug-likeness (QED) is 0.697. The van der Waals surface area contributed by atoms with Crippen LogP contribution < -0.4 is 0 Å². The maximum absolute atomic E-state index is 12.9. The van der Waals surface area contributed by atoms with E-state index < -0.39 is 0 Å². The number of rotatable bonds is 2. The lowest BCUT2D eigenvalue weighted by Gasteiger charge is -2.34. The maximum Gasteiger partial charge on any atom is 0.272 e. The Morgan fingerprint density at radius 3 is 2.33 bits per heavy atom. The smallest absolute Gasteiger partial charge is 0.272 e. The lowest BCUT2D eigenvalue weighted by molar-refractivity contribution is 0.0532. The topological polar surface area (TPSA) is 71.3 Å². The van der Waals surface area contributed by atoms with Crippen LogP contribution in [0, 0.1) is 6.92 Å². The molecule has 3 aromatic rings.